The van der Waals surface area contributed by atoms with Crippen molar-refractivity contribution in [3.63, 3.8) is 0 Å². The molecular weight excluding hydrogens is 338 g/mol. The van der Waals surface area contributed by atoms with Gasteiger partial charge in [-0.25, -0.2) is 0 Å². The largest absolute Gasteiger partial charge is 0.368 e. The van der Waals surface area contributed by atoms with Crippen LogP contribution < -0.4 is 5.73 Å². The predicted molar refractivity (Wildman–Crippen MR) is 108 cm³/mol. The third-order valence-corrected chi connectivity index (χ3v) is 6.35. The molecule has 2 fully saturated rings. The van der Waals surface area contributed by atoms with Crippen molar-refractivity contribution in [3.8, 4) is 0 Å². The van der Waals surface area contributed by atoms with Crippen LogP contribution >= 0.6 is 0 Å². The van der Waals surface area contributed by atoms with Gasteiger partial charge < -0.3 is 10.6 Å². The first-order chi connectivity index (χ1) is 13.0. The van der Waals surface area contributed by atoms with E-state index in [0.29, 0.717) is 6.42 Å². The Morgan fingerprint density at radius 2 is 1.63 bits per heavy atom. The number of piperidine rings is 2. The van der Waals surface area contributed by atoms with Gasteiger partial charge in [0.2, 0.25) is 5.91 Å². The molecule has 0 aromatic heterocycles. The number of amides is 1. The lowest BCUT2D eigenvalue weighted by Crippen LogP contribution is -2.63. The maximum atomic E-state index is 12.3. The lowest BCUT2D eigenvalue weighted by atomic mass is 9.83. The highest BCUT2D eigenvalue weighted by molar-refractivity contribution is 5.96. The maximum absolute atomic E-state index is 12.3. The summed E-state index contributed by atoms with van der Waals surface area (Å²) in [4.78, 5) is 29.3. The van der Waals surface area contributed by atoms with E-state index < -0.39 is 5.54 Å². The molecule has 0 radical (unpaired) electrons. The zero-order chi connectivity index (χ0) is 19.3. The average molecular weight is 372 g/mol. The van der Waals surface area contributed by atoms with Gasteiger partial charge in [-0.3, -0.25) is 14.5 Å². The minimum atomic E-state index is -0.450. The van der Waals surface area contributed by atoms with Gasteiger partial charge in [-0.1, -0.05) is 36.2 Å². The Hall–Kier alpha value is -1.72. The number of ketones is 1. The summed E-state index contributed by atoms with van der Waals surface area (Å²) in [7, 11) is 0. The molecule has 0 saturated carbocycles. The normalized spacial score (nSPS) is 21.1. The molecule has 2 N–H and O–H groups in total. The van der Waals surface area contributed by atoms with Gasteiger partial charge in [-0.2, -0.15) is 0 Å². The topological polar surface area (TPSA) is 66.6 Å². The number of aryl methyl sites for hydroxylation is 1. The van der Waals surface area contributed by atoms with Crippen LogP contribution in [-0.2, 0) is 4.79 Å². The number of Topliss-reactive ketones (excluding diaryl/α,β-unsaturated/α-hetero) is 1. The minimum absolute atomic E-state index is 0.154. The van der Waals surface area contributed by atoms with Crippen molar-refractivity contribution in [1.82, 2.24) is 9.80 Å². The third kappa shape index (κ3) is 4.77. The zero-order valence-electron chi connectivity index (χ0n) is 16.6. The van der Waals surface area contributed by atoms with Gasteiger partial charge in [0.15, 0.2) is 5.78 Å². The molecule has 5 nitrogen and oxygen atoms in total. The molecule has 2 aliphatic heterocycles. The van der Waals surface area contributed by atoms with Gasteiger partial charge in [0.1, 0.15) is 5.54 Å². The van der Waals surface area contributed by atoms with Gasteiger partial charge >= 0.3 is 0 Å². The van der Waals surface area contributed by atoms with Crippen LogP contribution in [0, 0.1) is 6.92 Å². The number of carbonyl (C=O) groups is 2. The van der Waals surface area contributed by atoms with Crippen LogP contribution in [0.25, 0.3) is 0 Å². The fourth-order valence-corrected chi connectivity index (χ4v) is 4.53. The molecule has 2 saturated heterocycles. The second-order valence-electron chi connectivity index (χ2n) is 8.18. The second-order valence-corrected chi connectivity index (χ2v) is 8.18. The first-order valence-electron chi connectivity index (χ1n) is 10.4. The molecule has 1 amide bonds. The van der Waals surface area contributed by atoms with E-state index in [1.54, 1.807) is 0 Å². The van der Waals surface area contributed by atoms with E-state index in [-0.39, 0.29) is 11.7 Å². The number of rotatable bonds is 7. The lowest BCUT2D eigenvalue weighted by Gasteiger charge is -2.48. The molecule has 2 heterocycles. The number of benzene rings is 1. The van der Waals surface area contributed by atoms with Crippen LogP contribution in [0.15, 0.2) is 24.3 Å². The summed E-state index contributed by atoms with van der Waals surface area (Å²) in [6.45, 7) is 6.70. The Balaban J connectivity index is 1.46. The van der Waals surface area contributed by atoms with Gasteiger partial charge in [-0.15, -0.1) is 0 Å². The van der Waals surface area contributed by atoms with Crippen LogP contribution in [0.1, 0.15) is 60.9 Å². The Kier molecular flexibility index (Phi) is 6.66. The first-order valence-corrected chi connectivity index (χ1v) is 10.4. The van der Waals surface area contributed by atoms with E-state index in [1.165, 1.54) is 24.8 Å². The van der Waals surface area contributed by atoms with Crippen LogP contribution in [-0.4, -0.2) is 59.8 Å². The summed E-state index contributed by atoms with van der Waals surface area (Å²) in [5, 5.41) is 0. The van der Waals surface area contributed by atoms with Gasteiger partial charge in [0, 0.05) is 25.1 Å². The average Bonchev–Trinajstić information content (AvgIpc) is 2.69. The van der Waals surface area contributed by atoms with E-state index in [4.69, 9.17) is 5.73 Å². The standard InChI is InChI=1S/C22H33N3O2/c1-18-7-9-19(10-8-18)20(26)6-5-13-24-16-11-22(12-17-24,21(23)27)25-14-3-2-4-15-25/h7-10H,2-6,11-17H2,1H3,(H2,23,27). The molecule has 0 spiro atoms. The number of nitrogens with zero attached hydrogens (tertiary/aromatic N) is 2. The molecule has 0 atom stereocenters. The molecule has 0 unspecified atom stereocenters. The SMILES string of the molecule is Cc1ccc(C(=O)CCCN2CCC(C(N)=O)(N3CCCCC3)CC2)cc1. The lowest BCUT2D eigenvalue weighted by molar-refractivity contribution is -0.134. The fraction of sp³-hybridized carbons (Fsp3) is 0.636. The molecule has 1 aromatic carbocycles. The highest BCUT2D eigenvalue weighted by atomic mass is 16.1. The van der Waals surface area contributed by atoms with Crippen molar-refractivity contribution in [2.75, 3.05) is 32.7 Å². The molecule has 148 valence electrons. The Labute approximate surface area is 162 Å². The number of hydrogen-bond acceptors (Lipinski definition) is 4. The second kappa shape index (κ2) is 8.98. The highest BCUT2D eigenvalue weighted by Gasteiger charge is 2.44. The van der Waals surface area contributed by atoms with E-state index in [9.17, 15) is 9.59 Å². The summed E-state index contributed by atoms with van der Waals surface area (Å²) in [6.07, 6.45) is 6.65. The smallest absolute Gasteiger partial charge is 0.238 e. The molecular formula is C22H33N3O2. The summed E-state index contributed by atoms with van der Waals surface area (Å²) in [6, 6.07) is 7.81. The first kappa shape index (κ1) is 20.0. The van der Waals surface area contributed by atoms with Crippen molar-refractivity contribution in [3.05, 3.63) is 35.4 Å². The van der Waals surface area contributed by atoms with E-state index in [2.05, 4.69) is 9.80 Å². The molecule has 3 rings (SSSR count). The number of carbonyl (C=O) groups excluding carboxylic acids is 2. The minimum Gasteiger partial charge on any atom is -0.368 e. The Morgan fingerprint density at radius 1 is 1.00 bits per heavy atom. The summed E-state index contributed by atoms with van der Waals surface area (Å²) in [5.74, 6) is 0.0606. The van der Waals surface area contributed by atoms with Crippen molar-refractivity contribution in [2.45, 2.75) is 57.4 Å². The number of primary amides is 1. The Morgan fingerprint density at radius 3 is 2.22 bits per heavy atom. The quantitative estimate of drug-likeness (QED) is 0.749. The maximum Gasteiger partial charge on any atom is 0.238 e. The van der Waals surface area contributed by atoms with E-state index >= 15 is 0 Å². The van der Waals surface area contributed by atoms with Crippen molar-refractivity contribution < 1.29 is 9.59 Å². The van der Waals surface area contributed by atoms with Crippen LogP contribution in [0.4, 0.5) is 0 Å². The van der Waals surface area contributed by atoms with Crippen molar-refractivity contribution in [1.29, 1.82) is 0 Å². The van der Waals surface area contributed by atoms with Gasteiger partial charge in [0.25, 0.3) is 0 Å². The molecule has 5 heteroatoms. The number of likely N-dealkylation sites (tertiary alicyclic amines) is 2. The molecule has 1 aromatic rings. The summed E-state index contributed by atoms with van der Waals surface area (Å²) >= 11 is 0. The van der Waals surface area contributed by atoms with Crippen LogP contribution in [0.2, 0.25) is 0 Å². The van der Waals surface area contributed by atoms with Crippen LogP contribution in [0.5, 0.6) is 0 Å². The van der Waals surface area contributed by atoms with Crippen LogP contribution in [0.3, 0.4) is 0 Å². The van der Waals surface area contributed by atoms with Gasteiger partial charge in [-0.05, 0) is 58.7 Å². The summed E-state index contributed by atoms with van der Waals surface area (Å²) in [5.41, 5.74) is 7.38. The molecule has 27 heavy (non-hydrogen) atoms. The number of hydrogen-bond donors (Lipinski definition) is 1. The Bertz CT molecular complexity index is 642. The predicted octanol–water partition coefficient (Wildman–Crippen LogP) is 2.76. The molecule has 0 bridgehead atoms. The zero-order valence-corrected chi connectivity index (χ0v) is 16.6. The molecule has 0 aliphatic carbocycles. The monoisotopic (exact) mass is 371 g/mol. The van der Waals surface area contributed by atoms with E-state index in [0.717, 1.165) is 57.5 Å². The number of nitrogens with two attached hydrogens (primary N) is 1. The van der Waals surface area contributed by atoms with E-state index in [1.807, 2.05) is 31.2 Å². The van der Waals surface area contributed by atoms with Gasteiger partial charge in [0.05, 0.1) is 0 Å². The summed E-state index contributed by atoms with van der Waals surface area (Å²) < 4.78 is 0. The van der Waals surface area contributed by atoms with Crippen molar-refractivity contribution >= 4 is 11.7 Å². The molecule has 2 aliphatic rings. The highest BCUT2D eigenvalue weighted by Crippen LogP contribution is 2.31. The third-order valence-electron chi connectivity index (χ3n) is 6.35. The van der Waals surface area contributed by atoms with Crippen molar-refractivity contribution in [2.24, 2.45) is 5.73 Å². The fourth-order valence-electron chi connectivity index (χ4n) is 4.53.